The number of nitrogens with one attached hydrogen (secondary N) is 1. The predicted molar refractivity (Wildman–Crippen MR) is 91.8 cm³/mol. The van der Waals surface area contributed by atoms with Gasteiger partial charge >= 0.3 is 0 Å². The topological polar surface area (TPSA) is 96.7 Å². The molecule has 1 heterocycles. The molecule has 1 unspecified atom stereocenters. The highest BCUT2D eigenvalue weighted by Crippen LogP contribution is 2.16. The van der Waals surface area contributed by atoms with Gasteiger partial charge in [-0.3, -0.25) is 9.59 Å². The maximum atomic E-state index is 12.1. The molecule has 1 N–H and O–H groups in total. The second kappa shape index (κ2) is 7.52. The molecule has 2 rings (SSSR count). The largest absolute Gasteiger partial charge is 0.459 e. The third-order valence-electron chi connectivity index (χ3n) is 3.65. The lowest BCUT2D eigenvalue weighted by Gasteiger charge is -2.19. The van der Waals surface area contributed by atoms with Gasteiger partial charge in [0.15, 0.2) is 15.6 Å². The molecule has 1 aromatic carbocycles. The van der Waals surface area contributed by atoms with Crippen molar-refractivity contribution in [2.45, 2.75) is 17.9 Å². The SMILES string of the molecule is CC(NC(=O)CN(C)C(=O)c1ccco1)c1ccc(S(C)(=O)=O)cc1. The van der Waals surface area contributed by atoms with Crippen molar-refractivity contribution < 1.29 is 22.4 Å². The third-order valence-corrected chi connectivity index (χ3v) is 4.77. The number of amides is 2. The van der Waals surface area contributed by atoms with Gasteiger partial charge in [-0.25, -0.2) is 8.42 Å². The molecular formula is C17H20N2O5S. The van der Waals surface area contributed by atoms with E-state index in [2.05, 4.69) is 5.32 Å². The number of rotatable bonds is 6. The summed E-state index contributed by atoms with van der Waals surface area (Å²) in [6.07, 6.45) is 2.53. The van der Waals surface area contributed by atoms with Crippen molar-refractivity contribution >= 4 is 21.7 Å². The highest BCUT2D eigenvalue weighted by molar-refractivity contribution is 7.90. The van der Waals surface area contributed by atoms with Crippen LogP contribution in [0.5, 0.6) is 0 Å². The zero-order chi connectivity index (χ0) is 18.6. The van der Waals surface area contributed by atoms with E-state index in [1.165, 1.54) is 36.4 Å². The van der Waals surface area contributed by atoms with Crippen molar-refractivity contribution in [3.05, 3.63) is 54.0 Å². The molecule has 8 heteroatoms. The van der Waals surface area contributed by atoms with Gasteiger partial charge in [-0.2, -0.15) is 0 Å². The van der Waals surface area contributed by atoms with Gasteiger partial charge in [0.2, 0.25) is 5.91 Å². The number of carbonyl (C=O) groups excluding carboxylic acids is 2. The maximum Gasteiger partial charge on any atom is 0.289 e. The van der Waals surface area contributed by atoms with Gasteiger partial charge in [0.25, 0.3) is 5.91 Å². The summed E-state index contributed by atoms with van der Waals surface area (Å²) in [6.45, 7) is 1.66. The Labute approximate surface area is 146 Å². The molecule has 25 heavy (non-hydrogen) atoms. The van der Waals surface area contributed by atoms with Crippen LogP contribution in [-0.2, 0) is 14.6 Å². The number of nitrogens with zero attached hydrogens (tertiary/aromatic N) is 1. The second-order valence-electron chi connectivity index (χ2n) is 5.77. The third kappa shape index (κ3) is 4.93. The summed E-state index contributed by atoms with van der Waals surface area (Å²) < 4.78 is 27.9. The van der Waals surface area contributed by atoms with Crippen molar-refractivity contribution in [3.8, 4) is 0 Å². The fourth-order valence-corrected chi connectivity index (χ4v) is 2.88. The highest BCUT2D eigenvalue weighted by Gasteiger charge is 2.18. The summed E-state index contributed by atoms with van der Waals surface area (Å²) in [5.74, 6) is -0.549. The molecule has 0 spiro atoms. The summed E-state index contributed by atoms with van der Waals surface area (Å²) in [6, 6.07) is 9.11. The lowest BCUT2D eigenvalue weighted by Crippen LogP contribution is -2.39. The first-order valence-electron chi connectivity index (χ1n) is 7.57. The van der Waals surface area contributed by atoms with E-state index in [4.69, 9.17) is 4.42 Å². The van der Waals surface area contributed by atoms with Gasteiger partial charge in [-0.15, -0.1) is 0 Å². The number of carbonyl (C=O) groups is 2. The van der Waals surface area contributed by atoms with Crippen molar-refractivity contribution in [1.29, 1.82) is 0 Å². The first-order chi connectivity index (χ1) is 11.7. The van der Waals surface area contributed by atoms with E-state index < -0.39 is 9.84 Å². The van der Waals surface area contributed by atoms with Gasteiger partial charge in [0.05, 0.1) is 23.7 Å². The molecule has 2 amide bonds. The Morgan fingerprint density at radius 3 is 2.36 bits per heavy atom. The van der Waals surface area contributed by atoms with E-state index in [1.807, 2.05) is 0 Å². The molecule has 1 aromatic heterocycles. The summed E-state index contributed by atoms with van der Waals surface area (Å²) in [4.78, 5) is 25.6. The Balaban J connectivity index is 1.94. The summed E-state index contributed by atoms with van der Waals surface area (Å²) in [5, 5.41) is 2.77. The zero-order valence-corrected chi connectivity index (χ0v) is 15.0. The molecule has 2 aromatic rings. The van der Waals surface area contributed by atoms with Crippen LogP contribution in [0.2, 0.25) is 0 Å². The fourth-order valence-electron chi connectivity index (χ4n) is 2.25. The molecule has 0 fully saturated rings. The monoisotopic (exact) mass is 364 g/mol. The molecule has 0 saturated heterocycles. The van der Waals surface area contributed by atoms with Crippen LogP contribution >= 0.6 is 0 Å². The fraction of sp³-hybridized carbons (Fsp3) is 0.294. The molecule has 0 aliphatic heterocycles. The van der Waals surface area contributed by atoms with E-state index in [-0.39, 0.29) is 35.1 Å². The number of likely N-dealkylation sites (N-methyl/N-ethyl adjacent to an activating group) is 1. The molecule has 0 aliphatic carbocycles. The lowest BCUT2D eigenvalue weighted by molar-refractivity contribution is -0.122. The number of sulfone groups is 1. The van der Waals surface area contributed by atoms with E-state index in [0.717, 1.165) is 11.8 Å². The first-order valence-corrected chi connectivity index (χ1v) is 9.46. The van der Waals surface area contributed by atoms with Gasteiger partial charge in [0.1, 0.15) is 0 Å². The average molecular weight is 364 g/mol. The van der Waals surface area contributed by atoms with Crippen molar-refractivity contribution in [2.24, 2.45) is 0 Å². The van der Waals surface area contributed by atoms with Crippen LogP contribution < -0.4 is 5.32 Å². The minimum atomic E-state index is -3.26. The Morgan fingerprint density at radius 2 is 1.84 bits per heavy atom. The van der Waals surface area contributed by atoms with E-state index in [9.17, 15) is 18.0 Å². The minimum Gasteiger partial charge on any atom is -0.459 e. The molecule has 0 radical (unpaired) electrons. The van der Waals surface area contributed by atoms with Gasteiger partial charge < -0.3 is 14.6 Å². The first kappa shape index (κ1) is 18.7. The molecule has 0 bridgehead atoms. The Hall–Kier alpha value is -2.61. The Bertz CT molecular complexity index is 842. The average Bonchev–Trinajstić information content (AvgIpc) is 3.07. The summed E-state index contributed by atoms with van der Waals surface area (Å²) >= 11 is 0. The van der Waals surface area contributed by atoms with Crippen LogP contribution in [0.4, 0.5) is 0 Å². The van der Waals surface area contributed by atoms with Crippen LogP contribution in [0.1, 0.15) is 29.1 Å². The maximum absolute atomic E-state index is 12.1. The van der Waals surface area contributed by atoms with Crippen LogP contribution in [0.15, 0.2) is 52.0 Å². The summed E-state index contributed by atoms with van der Waals surface area (Å²) in [7, 11) is -1.75. The molecule has 0 saturated carbocycles. The van der Waals surface area contributed by atoms with E-state index >= 15 is 0 Å². The number of benzene rings is 1. The minimum absolute atomic E-state index is 0.120. The van der Waals surface area contributed by atoms with Gasteiger partial charge in [-0.1, -0.05) is 12.1 Å². The number of hydrogen-bond acceptors (Lipinski definition) is 5. The van der Waals surface area contributed by atoms with Crippen LogP contribution in [0.3, 0.4) is 0 Å². The summed E-state index contributed by atoms with van der Waals surface area (Å²) in [5.41, 5.74) is 0.765. The predicted octanol–water partition coefficient (Wildman–Crippen LogP) is 1.63. The van der Waals surface area contributed by atoms with Crippen molar-refractivity contribution in [1.82, 2.24) is 10.2 Å². The van der Waals surface area contributed by atoms with Crippen LogP contribution in [0.25, 0.3) is 0 Å². The van der Waals surface area contributed by atoms with Crippen molar-refractivity contribution in [2.75, 3.05) is 19.8 Å². The molecule has 7 nitrogen and oxygen atoms in total. The number of furan rings is 1. The zero-order valence-electron chi connectivity index (χ0n) is 14.2. The van der Waals surface area contributed by atoms with Gasteiger partial charge in [-0.05, 0) is 36.8 Å². The normalized spacial score (nSPS) is 12.4. The van der Waals surface area contributed by atoms with Crippen LogP contribution in [-0.4, -0.2) is 45.0 Å². The van der Waals surface area contributed by atoms with Crippen molar-refractivity contribution in [3.63, 3.8) is 0 Å². The highest BCUT2D eigenvalue weighted by atomic mass is 32.2. The Kier molecular flexibility index (Phi) is 5.63. The standard InChI is InChI=1S/C17H20N2O5S/c1-12(13-6-8-14(9-7-13)25(3,22)23)18-16(20)11-19(2)17(21)15-5-4-10-24-15/h4-10,12H,11H2,1-3H3,(H,18,20). The smallest absolute Gasteiger partial charge is 0.289 e. The quantitative estimate of drug-likeness (QED) is 0.840. The van der Waals surface area contributed by atoms with Gasteiger partial charge in [0, 0.05) is 13.3 Å². The second-order valence-corrected chi connectivity index (χ2v) is 7.78. The Morgan fingerprint density at radius 1 is 1.20 bits per heavy atom. The molecule has 134 valence electrons. The number of hydrogen-bond donors (Lipinski definition) is 1. The molecule has 0 aliphatic rings. The van der Waals surface area contributed by atoms with Crippen LogP contribution in [0, 0.1) is 0 Å². The molecular weight excluding hydrogens is 344 g/mol. The van der Waals surface area contributed by atoms with E-state index in [0.29, 0.717) is 0 Å². The lowest BCUT2D eigenvalue weighted by atomic mass is 10.1. The molecule has 1 atom stereocenters. The van der Waals surface area contributed by atoms with E-state index in [1.54, 1.807) is 25.1 Å².